The van der Waals surface area contributed by atoms with Crippen LogP contribution in [-0.2, 0) is 0 Å². The Balaban J connectivity index is 2.49. The summed E-state index contributed by atoms with van der Waals surface area (Å²) in [6.45, 7) is 5.06. The maximum absolute atomic E-state index is 5.69. The third-order valence-electron chi connectivity index (χ3n) is 3.31. The molecule has 0 aliphatic heterocycles. The van der Waals surface area contributed by atoms with Gasteiger partial charge in [0, 0.05) is 17.5 Å². The molecule has 1 unspecified atom stereocenters. The van der Waals surface area contributed by atoms with E-state index in [1.54, 1.807) is 11.3 Å². The van der Waals surface area contributed by atoms with E-state index in [0.717, 1.165) is 17.2 Å². The van der Waals surface area contributed by atoms with Gasteiger partial charge in [0.2, 0.25) is 0 Å². The number of nitrogens with zero attached hydrogens (tertiary/aromatic N) is 1. The summed E-state index contributed by atoms with van der Waals surface area (Å²) >= 11 is 1.73. The van der Waals surface area contributed by atoms with E-state index >= 15 is 0 Å². The molecule has 0 aliphatic rings. The molecule has 0 saturated heterocycles. The van der Waals surface area contributed by atoms with Gasteiger partial charge in [0.15, 0.2) is 5.13 Å². The van der Waals surface area contributed by atoms with E-state index in [1.165, 1.54) is 16.0 Å². The number of aryl methyl sites for hydroxylation is 1. The predicted molar refractivity (Wildman–Crippen MR) is 83.9 cm³/mol. The van der Waals surface area contributed by atoms with Crippen molar-refractivity contribution in [3.05, 3.63) is 34.7 Å². The van der Waals surface area contributed by atoms with Gasteiger partial charge in [-0.25, -0.2) is 4.98 Å². The van der Waals surface area contributed by atoms with Gasteiger partial charge in [-0.3, -0.25) is 0 Å². The summed E-state index contributed by atoms with van der Waals surface area (Å²) in [5.74, 6) is 0.444. The van der Waals surface area contributed by atoms with Crippen molar-refractivity contribution < 1.29 is 0 Å². The molecule has 2 aromatic rings. The standard InChI is InChI=1S/C15H21N3S/c1-10-6-4-5-7-12(10)13-14(11(2)8-9-16)19-15(17-3)18-13/h4-7,11H,8-9,16H2,1-3H3,(H,17,18). The molecule has 102 valence electrons. The number of anilines is 1. The first kappa shape index (κ1) is 14.0. The van der Waals surface area contributed by atoms with Crippen LogP contribution in [0.4, 0.5) is 5.13 Å². The van der Waals surface area contributed by atoms with Crippen LogP contribution >= 0.6 is 11.3 Å². The lowest BCUT2D eigenvalue weighted by Gasteiger charge is -2.11. The lowest BCUT2D eigenvalue weighted by atomic mass is 9.98. The Morgan fingerprint density at radius 2 is 2.11 bits per heavy atom. The topological polar surface area (TPSA) is 50.9 Å². The molecular formula is C15H21N3S. The molecule has 3 N–H and O–H groups in total. The number of hydrogen-bond donors (Lipinski definition) is 2. The number of nitrogens with two attached hydrogens (primary N) is 1. The molecule has 0 fully saturated rings. The van der Waals surface area contributed by atoms with Crippen LogP contribution in [0.1, 0.15) is 29.7 Å². The number of rotatable bonds is 5. The van der Waals surface area contributed by atoms with Gasteiger partial charge in [0.05, 0.1) is 5.69 Å². The van der Waals surface area contributed by atoms with Crippen molar-refractivity contribution in [3.63, 3.8) is 0 Å². The van der Waals surface area contributed by atoms with E-state index in [1.807, 2.05) is 7.05 Å². The van der Waals surface area contributed by atoms with Crippen LogP contribution in [0.3, 0.4) is 0 Å². The highest BCUT2D eigenvalue weighted by molar-refractivity contribution is 7.16. The van der Waals surface area contributed by atoms with Crippen molar-refractivity contribution in [2.45, 2.75) is 26.2 Å². The van der Waals surface area contributed by atoms with E-state index in [4.69, 9.17) is 10.7 Å². The highest BCUT2D eigenvalue weighted by Gasteiger charge is 2.18. The molecule has 1 heterocycles. The molecule has 0 amide bonds. The molecule has 0 radical (unpaired) electrons. The van der Waals surface area contributed by atoms with Crippen LogP contribution in [0.5, 0.6) is 0 Å². The minimum absolute atomic E-state index is 0.444. The Morgan fingerprint density at radius 1 is 1.37 bits per heavy atom. The maximum Gasteiger partial charge on any atom is 0.183 e. The second-order valence-corrected chi connectivity index (χ2v) is 5.81. The van der Waals surface area contributed by atoms with Crippen LogP contribution in [0, 0.1) is 6.92 Å². The van der Waals surface area contributed by atoms with Crippen LogP contribution in [-0.4, -0.2) is 18.6 Å². The SMILES string of the molecule is CNc1nc(-c2ccccc2C)c(C(C)CCN)s1. The molecule has 0 bridgehead atoms. The van der Waals surface area contributed by atoms with Crippen LogP contribution in [0.25, 0.3) is 11.3 Å². The molecule has 19 heavy (non-hydrogen) atoms. The summed E-state index contributed by atoms with van der Waals surface area (Å²) in [4.78, 5) is 6.05. The molecule has 1 aromatic heterocycles. The summed E-state index contributed by atoms with van der Waals surface area (Å²) in [5.41, 5.74) is 9.28. The molecule has 0 spiro atoms. The fourth-order valence-corrected chi connectivity index (χ4v) is 3.20. The number of nitrogens with one attached hydrogen (secondary N) is 1. The highest BCUT2D eigenvalue weighted by atomic mass is 32.1. The van der Waals surface area contributed by atoms with E-state index in [2.05, 4.69) is 43.4 Å². The monoisotopic (exact) mass is 275 g/mol. The minimum Gasteiger partial charge on any atom is -0.365 e. The zero-order chi connectivity index (χ0) is 13.8. The lowest BCUT2D eigenvalue weighted by molar-refractivity contribution is 0.701. The maximum atomic E-state index is 5.69. The van der Waals surface area contributed by atoms with Crippen LogP contribution in [0.2, 0.25) is 0 Å². The number of thiazole rings is 1. The molecule has 2 rings (SSSR count). The quantitative estimate of drug-likeness (QED) is 0.876. The molecule has 1 aromatic carbocycles. The second-order valence-electron chi connectivity index (χ2n) is 4.78. The van der Waals surface area contributed by atoms with Crippen LogP contribution < -0.4 is 11.1 Å². The third-order valence-corrected chi connectivity index (χ3v) is 4.62. The van der Waals surface area contributed by atoms with Gasteiger partial charge in [-0.05, 0) is 31.4 Å². The van der Waals surface area contributed by atoms with Gasteiger partial charge in [0.25, 0.3) is 0 Å². The lowest BCUT2D eigenvalue weighted by Crippen LogP contribution is -2.04. The predicted octanol–water partition coefficient (Wildman–Crippen LogP) is 3.61. The first-order chi connectivity index (χ1) is 9.17. The second kappa shape index (κ2) is 6.17. The van der Waals surface area contributed by atoms with Gasteiger partial charge in [-0.2, -0.15) is 0 Å². The Kier molecular flexibility index (Phi) is 4.56. The molecular weight excluding hydrogens is 254 g/mol. The van der Waals surface area contributed by atoms with Gasteiger partial charge in [0.1, 0.15) is 0 Å². The number of benzene rings is 1. The fourth-order valence-electron chi connectivity index (χ4n) is 2.19. The number of aromatic nitrogens is 1. The van der Waals surface area contributed by atoms with Crippen molar-refractivity contribution in [3.8, 4) is 11.3 Å². The normalized spacial score (nSPS) is 12.4. The smallest absolute Gasteiger partial charge is 0.183 e. The van der Waals surface area contributed by atoms with E-state index in [-0.39, 0.29) is 0 Å². The molecule has 4 heteroatoms. The van der Waals surface area contributed by atoms with Crippen molar-refractivity contribution in [2.75, 3.05) is 18.9 Å². The van der Waals surface area contributed by atoms with Crippen molar-refractivity contribution in [2.24, 2.45) is 5.73 Å². The van der Waals surface area contributed by atoms with E-state index in [9.17, 15) is 0 Å². The Labute approximate surface area is 118 Å². The summed E-state index contributed by atoms with van der Waals surface area (Å²) in [7, 11) is 1.91. The largest absolute Gasteiger partial charge is 0.365 e. The first-order valence-corrected chi connectivity index (χ1v) is 7.43. The van der Waals surface area contributed by atoms with Gasteiger partial charge >= 0.3 is 0 Å². The zero-order valence-electron chi connectivity index (χ0n) is 11.7. The minimum atomic E-state index is 0.444. The molecule has 0 saturated carbocycles. The zero-order valence-corrected chi connectivity index (χ0v) is 12.6. The summed E-state index contributed by atoms with van der Waals surface area (Å²) in [6.07, 6.45) is 0.990. The van der Waals surface area contributed by atoms with Crippen molar-refractivity contribution >= 4 is 16.5 Å². The Bertz CT molecular complexity index is 548. The molecule has 0 aliphatic carbocycles. The van der Waals surface area contributed by atoms with Gasteiger partial charge in [-0.1, -0.05) is 31.2 Å². The van der Waals surface area contributed by atoms with E-state index in [0.29, 0.717) is 12.5 Å². The van der Waals surface area contributed by atoms with Crippen molar-refractivity contribution in [1.29, 1.82) is 0 Å². The first-order valence-electron chi connectivity index (χ1n) is 6.62. The van der Waals surface area contributed by atoms with Crippen LogP contribution in [0.15, 0.2) is 24.3 Å². The van der Waals surface area contributed by atoms with Gasteiger partial charge < -0.3 is 11.1 Å². The van der Waals surface area contributed by atoms with E-state index < -0.39 is 0 Å². The Morgan fingerprint density at radius 3 is 2.74 bits per heavy atom. The van der Waals surface area contributed by atoms with Crippen molar-refractivity contribution in [1.82, 2.24) is 4.98 Å². The summed E-state index contributed by atoms with van der Waals surface area (Å²) < 4.78 is 0. The average molecular weight is 275 g/mol. The number of hydrogen-bond acceptors (Lipinski definition) is 4. The van der Waals surface area contributed by atoms with Gasteiger partial charge in [-0.15, -0.1) is 11.3 Å². The summed E-state index contributed by atoms with van der Waals surface area (Å²) in [5, 5.41) is 4.12. The Hall–Kier alpha value is -1.39. The summed E-state index contributed by atoms with van der Waals surface area (Å²) in [6, 6.07) is 8.40. The molecule has 1 atom stereocenters. The average Bonchev–Trinajstić information content (AvgIpc) is 2.83. The third kappa shape index (κ3) is 2.96. The fraction of sp³-hybridized carbons (Fsp3) is 0.400. The highest BCUT2D eigenvalue weighted by Crippen LogP contribution is 2.38. The molecule has 3 nitrogen and oxygen atoms in total.